The molecule has 0 saturated carbocycles. The summed E-state index contributed by atoms with van der Waals surface area (Å²) in [4.78, 5) is 14.4. The van der Waals surface area contributed by atoms with E-state index in [1.807, 2.05) is 28.8 Å². The number of carbonyl (C=O) groups is 1. The maximum Gasteiger partial charge on any atom is 0.315 e. The summed E-state index contributed by atoms with van der Waals surface area (Å²) >= 11 is 0. The highest BCUT2D eigenvalue weighted by Crippen LogP contribution is 2.04. The number of carboxylic acid groups (broad SMARTS) is 1. The van der Waals surface area contributed by atoms with Crippen LogP contribution in [0.2, 0.25) is 0 Å². The Hall–Kier alpha value is -2.28. The smallest absolute Gasteiger partial charge is 0.315 e. The molecular formula is C11H8N2O2. The number of nitrogens with zero attached hydrogens (tertiary/aromatic N) is 2. The molecule has 2 rings (SSSR count). The third-order valence-electron chi connectivity index (χ3n) is 1.87. The minimum atomic E-state index is -0.920. The molecule has 4 heteroatoms. The van der Waals surface area contributed by atoms with Crippen molar-refractivity contribution in [2.75, 3.05) is 0 Å². The molecule has 0 aliphatic carbocycles. The second-order valence-electron chi connectivity index (χ2n) is 2.94. The van der Waals surface area contributed by atoms with Crippen LogP contribution in [0.15, 0.2) is 30.6 Å². The highest BCUT2D eigenvalue weighted by Gasteiger charge is 1.97. The van der Waals surface area contributed by atoms with Crippen molar-refractivity contribution in [1.29, 1.82) is 0 Å². The molecule has 0 amide bonds. The zero-order valence-electron chi connectivity index (χ0n) is 7.84. The summed E-state index contributed by atoms with van der Waals surface area (Å²) in [6.45, 7) is 0. The lowest BCUT2D eigenvalue weighted by atomic mass is 10.4. The Labute approximate surface area is 86.2 Å². The van der Waals surface area contributed by atoms with Gasteiger partial charge in [0.25, 0.3) is 0 Å². The van der Waals surface area contributed by atoms with Gasteiger partial charge in [0.2, 0.25) is 0 Å². The average molecular weight is 200 g/mol. The molecule has 0 fully saturated rings. The van der Waals surface area contributed by atoms with Gasteiger partial charge in [-0.25, -0.2) is 4.98 Å². The van der Waals surface area contributed by atoms with E-state index in [-0.39, 0.29) is 6.42 Å². The first kappa shape index (κ1) is 9.28. The van der Waals surface area contributed by atoms with Gasteiger partial charge in [0.1, 0.15) is 17.8 Å². The van der Waals surface area contributed by atoms with E-state index >= 15 is 0 Å². The largest absolute Gasteiger partial charge is 0.481 e. The fourth-order valence-electron chi connectivity index (χ4n) is 1.24. The molecule has 2 aromatic rings. The summed E-state index contributed by atoms with van der Waals surface area (Å²) in [5, 5.41) is 8.43. The molecule has 0 spiro atoms. The van der Waals surface area contributed by atoms with Crippen molar-refractivity contribution in [2.45, 2.75) is 6.42 Å². The summed E-state index contributed by atoms with van der Waals surface area (Å²) in [5.41, 5.74) is 1.50. The van der Waals surface area contributed by atoms with Crippen LogP contribution in [0.4, 0.5) is 0 Å². The van der Waals surface area contributed by atoms with Gasteiger partial charge in [-0.3, -0.25) is 9.20 Å². The molecule has 74 valence electrons. The number of hydrogen-bond acceptors (Lipinski definition) is 2. The number of rotatable bonds is 1. The van der Waals surface area contributed by atoms with E-state index in [0.29, 0.717) is 5.69 Å². The number of pyridine rings is 1. The van der Waals surface area contributed by atoms with Gasteiger partial charge in [-0.05, 0) is 18.1 Å². The second kappa shape index (κ2) is 3.84. The van der Waals surface area contributed by atoms with Gasteiger partial charge in [-0.1, -0.05) is 12.0 Å². The van der Waals surface area contributed by atoms with Crippen LogP contribution in [0.5, 0.6) is 0 Å². The molecule has 0 radical (unpaired) electrons. The van der Waals surface area contributed by atoms with Gasteiger partial charge in [-0.15, -0.1) is 0 Å². The highest BCUT2D eigenvalue weighted by atomic mass is 16.4. The fourth-order valence-corrected chi connectivity index (χ4v) is 1.24. The van der Waals surface area contributed by atoms with Crippen LogP contribution >= 0.6 is 0 Å². The van der Waals surface area contributed by atoms with Crippen LogP contribution in [0.1, 0.15) is 12.1 Å². The average Bonchev–Trinajstić information content (AvgIpc) is 2.62. The number of aliphatic carboxylic acids is 1. The van der Waals surface area contributed by atoms with E-state index in [4.69, 9.17) is 5.11 Å². The van der Waals surface area contributed by atoms with Gasteiger partial charge in [-0.2, -0.15) is 0 Å². The monoisotopic (exact) mass is 200 g/mol. The van der Waals surface area contributed by atoms with Gasteiger partial charge in [0.15, 0.2) is 0 Å². The third-order valence-corrected chi connectivity index (χ3v) is 1.87. The molecule has 4 nitrogen and oxygen atoms in total. The van der Waals surface area contributed by atoms with Crippen LogP contribution in [0.3, 0.4) is 0 Å². The summed E-state index contributed by atoms with van der Waals surface area (Å²) in [5.74, 6) is 4.42. The van der Waals surface area contributed by atoms with E-state index in [1.54, 1.807) is 6.20 Å². The summed E-state index contributed by atoms with van der Waals surface area (Å²) in [6, 6.07) is 5.62. The quantitative estimate of drug-likeness (QED) is 0.703. The lowest BCUT2D eigenvalue weighted by Crippen LogP contribution is -1.91. The van der Waals surface area contributed by atoms with Crippen LogP contribution < -0.4 is 0 Å². The number of imidazole rings is 1. The third kappa shape index (κ3) is 1.97. The van der Waals surface area contributed by atoms with Crippen LogP contribution in [0, 0.1) is 11.8 Å². The lowest BCUT2D eigenvalue weighted by molar-refractivity contribution is -0.135. The maximum absolute atomic E-state index is 10.3. The Balaban J connectivity index is 2.35. The number of fused-ring (bicyclic) bond motifs is 1. The molecule has 0 aliphatic heterocycles. The number of hydrogen-bond donors (Lipinski definition) is 1. The molecule has 1 N–H and O–H groups in total. The molecular weight excluding hydrogens is 192 g/mol. The van der Waals surface area contributed by atoms with Crippen molar-refractivity contribution in [1.82, 2.24) is 9.38 Å². The predicted octanol–water partition coefficient (Wildman–Crippen LogP) is 1.16. The minimum Gasteiger partial charge on any atom is -0.481 e. The molecule has 0 aromatic carbocycles. The Bertz CT molecular complexity index is 560. The van der Waals surface area contributed by atoms with Crippen molar-refractivity contribution >= 4 is 11.6 Å². The zero-order valence-corrected chi connectivity index (χ0v) is 7.84. The van der Waals surface area contributed by atoms with Gasteiger partial charge < -0.3 is 5.11 Å². The molecule has 2 aromatic heterocycles. The molecule has 15 heavy (non-hydrogen) atoms. The summed E-state index contributed by atoms with van der Waals surface area (Å²) in [6.07, 6.45) is 3.32. The van der Waals surface area contributed by atoms with Gasteiger partial charge >= 0.3 is 5.97 Å². The summed E-state index contributed by atoms with van der Waals surface area (Å²) in [7, 11) is 0. The SMILES string of the molecule is O=C(O)CC#Cc1cnc2ccccn12. The summed E-state index contributed by atoms with van der Waals surface area (Å²) < 4.78 is 1.81. The van der Waals surface area contributed by atoms with Crippen molar-refractivity contribution in [3.63, 3.8) is 0 Å². The topological polar surface area (TPSA) is 54.6 Å². The van der Waals surface area contributed by atoms with E-state index in [0.717, 1.165) is 5.65 Å². The standard InChI is InChI=1S/C11H8N2O2/c14-11(15)6-3-4-9-8-12-10-5-1-2-7-13(9)10/h1-2,5,7-8H,6H2,(H,14,15). The van der Waals surface area contributed by atoms with E-state index < -0.39 is 5.97 Å². The zero-order chi connectivity index (χ0) is 10.7. The van der Waals surface area contributed by atoms with Crippen LogP contribution in [-0.4, -0.2) is 20.5 Å². The first-order valence-electron chi connectivity index (χ1n) is 4.40. The predicted molar refractivity (Wildman–Crippen MR) is 54.3 cm³/mol. The van der Waals surface area contributed by atoms with Gasteiger partial charge in [0, 0.05) is 6.20 Å². The first-order chi connectivity index (χ1) is 7.27. The highest BCUT2D eigenvalue weighted by molar-refractivity contribution is 5.70. The Kier molecular flexibility index (Phi) is 2.38. The Morgan fingerprint density at radius 1 is 1.53 bits per heavy atom. The molecule has 2 heterocycles. The normalized spacial score (nSPS) is 9.60. The molecule has 0 saturated heterocycles. The maximum atomic E-state index is 10.3. The molecule has 0 aliphatic rings. The van der Waals surface area contributed by atoms with Crippen molar-refractivity contribution in [3.8, 4) is 11.8 Å². The van der Waals surface area contributed by atoms with Crippen molar-refractivity contribution < 1.29 is 9.90 Å². The molecule has 0 unspecified atom stereocenters. The minimum absolute atomic E-state index is 0.153. The number of carboxylic acids is 1. The fraction of sp³-hybridized carbons (Fsp3) is 0.0909. The van der Waals surface area contributed by atoms with Crippen LogP contribution in [-0.2, 0) is 4.79 Å². The number of aromatic nitrogens is 2. The second-order valence-corrected chi connectivity index (χ2v) is 2.94. The first-order valence-corrected chi connectivity index (χ1v) is 4.40. The van der Waals surface area contributed by atoms with Crippen LogP contribution in [0.25, 0.3) is 5.65 Å². The van der Waals surface area contributed by atoms with Crippen molar-refractivity contribution in [3.05, 3.63) is 36.3 Å². The van der Waals surface area contributed by atoms with Gasteiger partial charge in [0.05, 0.1) is 6.20 Å². The van der Waals surface area contributed by atoms with E-state index in [2.05, 4.69) is 16.8 Å². The Morgan fingerprint density at radius 2 is 2.40 bits per heavy atom. The van der Waals surface area contributed by atoms with E-state index in [9.17, 15) is 4.79 Å². The molecule has 0 bridgehead atoms. The van der Waals surface area contributed by atoms with Crippen molar-refractivity contribution in [2.24, 2.45) is 0 Å². The lowest BCUT2D eigenvalue weighted by Gasteiger charge is -1.91. The Morgan fingerprint density at radius 3 is 3.20 bits per heavy atom. The van der Waals surface area contributed by atoms with E-state index in [1.165, 1.54) is 0 Å². The molecule has 0 atom stereocenters.